The zero-order valence-corrected chi connectivity index (χ0v) is 18.0. The lowest BCUT2D eigenvalue weighted by Crippen LogP contribution is -2.44. The number of aromatic nitrogens is 4. The zero-order valence-electron chi connectivity index (χ0n) is 18.0. The maximum atomic E-state index is 12.8. The van der Waals surface area contributed by atoms with E-state index in [1.165, 1.54) is 22.9 Å². The van der Waals surface area contributed by atoms with Gasteiger partial charge >= 0.3 is 6.01 Å². The molecular formula is C22H18N5O8-. The average molecular weight is 480 g/mol. The van der Waals surface area contributed by atoms with Gasteiger partial charge in [-0.2, -0.15) is 4.68 Å². The molecule has 3 aliphatic rings. The van der Waals surface area contributed by atoms with Crippen molar-refractivity contribution >= 4 is 11.9 Å². The van der Waals surface area contributed by atoms with Gasteiger partial charge in [-0.15, -0.1) is 0 Å². The van der Waals surface area contributed by atoms with Gasteiger partial charge in [0.25, 0.3) is 5.91 Å². The number of nitrogens with zero attached hydrogens (tertiary/aromatic N) is 4. The first-order chi connectivity index (χ1) is 17.1. The van der Waals surface area contributed by atoms with Crippen molar-refractivity contribution in [1.29, 1.82) is 0 Å². The van der Waals surface area contributed by atoms with E-state index >= 15 is 0 Å². The Morgan fingerprint density at radius 1 is 1.03 bits per heavy atom. The number of tetrazole rings is 1. The first-order valence-corrected chi connectivity index (χ1v) is 10.8. The van der Waals surface area contributed by atoms with Crippen LogP contribution in [0.2, 0.25) is 0 Å². The molecule has 0 unspecified atom stereocenters. The molecule has 0 saturated carbocycles. The molecule has 35 heavy (non-hydrogen) atoms. The smallest absolute Gasteiger partial charge is 0.341 e. The van der Waals surface area contributed by atoms with Gasteiger partial charge in [0.2, 0.25) is 6.79 Å². The number of nitrogens with one attached hydrogen (secondary N) is 1. The summed E-state index contributed by atoms with van der Waals surface area (Å²) in [6.07, 6.45) is -0.944. The molecule has 2 saturated heterocycles. The van der Waals surface area contributed by atoms with Gasteiger partial charge in [-0.1, -0.05) is 23.3 Å². The number of carbonyl (C=O) groups excluding carboxylic acids is 2. The van der Waals surface area contributed by atoms with Crippen LogP contribution < -0.4 is 24.6 Å². The third kappa shape index (κ3) is 3.80. The van der Waals surface area contributed by atoms with E-state index in [1.807, 2.05) is 0 Å². The minimum absolute atomic E-state index is 0.00499. The summed E-state index contributed by atoms with van der Waals surface area (Å²) in [6.45, 7) is 0.540. The Bertz CT molecular complexity index is 1300. The maximum Gasteiger partial charge on any atom is 0.341 e. The Morgan fingerprint density at radius 3 is 2.69 bits per heavy atom. The van der Waals surface area contributed by atoms with Crippen LogP contribution in [0.25, 0.3) is 0 Å². The largest absolute Gasteiger partial charge is 0.545 e. The van der Waals surface area contributed by atoms with Crippen molar-refractivity contribution in [2.75, 3.05) is 20.0 Å². The number of carboxylic acid groups (broad SMARTS) is 1. The Hall–Kier alpha value is -4.23. The van der Waals surface area contributed by atoms with Crippen LogP contribution in [0.4, 0.5) is 0 Å². The molecule has 4 heterocycles. The molecule has 180 valence electrons. The monoisotopic (exact) mass is 480 g/mol. The van der Waals surface area contributed by atoms with Crippen molar-refractivity contribution in [2.45, 2.75) is 24.3 Å². The summed E-state index contributed by atoms with van der Waals surface area (Å²) < 4.78 is 29.9. The Morgan fingerprint density at radius 2 is 1.83 bits per heavy atom. The van der Waals surface area contributed by atoms with Gasteiger partial charge in [0, 0.05) is 17.2 Å². The number of amides is 1. The summed E-state index contributed by atoms with van der Waals surface area (Å²) in [5.41, 5.74) is -0.185. The van der Waals surface area contributed by atoms with Crippen LogP contribution in [0.1, 0.15) is 26.8 Å². The standard InChI is InChI=1S/C22H19N5O8/c28-20(12-3-1-2-4-13(12)21(29)30)23-14-8-31-19-15(9-32-18(14)19)27-22(24-25-26-27)35-11-5-6-16-17(7-11)34-10-33-16/h1-7,14-15,18-19H,8-10H2,(H,23,28)(H,29,30)/p-1/t14-,15-,18+,19+/m0/s1. The van der Waals surface area contributed by atoms with Gasteiger partial charge in [0.1, 0.15) is 24.0 Å². The highest BCUT2D eigenvalue weighted by Gasteiger charge is 2.50. The molecular weight excluding hydrogens is 462 g/mol. The molecule has 0 aliphatic carbocycles. The molecule has 1 aromatic heterocycles. The number of carbonyl (C=O) groups is 2. The maximum absolute atomic E-state index is 12.8. The highest BCUT2D eigenvalue weighted by atomic mass is 16.7. The normalized spacial score (nSPS) is 24.2. The first-order valence-electron chi connectivity index (χ1n) is 10.8. The van der Waals surface area contributed by atoms with Gasteiger partial charge < -0.3 is 38.9 Å². The van der Waals surface area contributed by atoms with Crippen LogP contribution in [0, 0.1) is 0 Å². The first kappa shape index (κ1) is 21.3. The summed E-state index contributed by atoms with van der Waals surface area (Å²) >= 11 is 0. The number of hydrogen-bond acceptors (Lipinski definition) is 11. The second-order valence-electron chi connectivity index (χ2n) is 8.10. The predicted molar refractivity (Wildman–Crippen MR) is 111 cm³/mol. The molecule has 3 aliphatic heterocycles. The van der Waals surface area contributed by atoms with Crippen molar-refractivity contribution in [3.63, 3.8) is 0 Å². The van der Waals surface area contributed by atoms with E-state index in [-0.39, 0.29) is 37.1 Å². The minimum atomic E-state index is -1.43. The molecule has 1 amide bonds. The minimum Gasteiger partial charge on any atom is -0.545 e. The van der Waals surface area contributed by atoms with E-state index in [0.29, 0.717) is 17.2 Å². The molecule has 6 rings (SSSR count). The van der Waals surface area contributed by atoms with Gasteiger partial charge in [-0.3, -0.25) is 4.79 Å². The average Bonchev–Trinajstić information content (AvgIpc) is 3.65. The number of fused-ring (bicyclic) bond motifs is 2. The van der Waals surface area contributed by atoms with Crippen molar-refractivity contribution in [2.24, 2.45) is 0 Å². The van der Waals surface area contributed by atoms with Crippen molar-refractivity contribution in [3.8, 4) is 23.3 Å². The fraction of sp³-hybridized carbons (Fsp3) is 0.318. The summed E-state index contributed by atoms with van der Waals surface area (Å²) in [7, 11) is 0. The molecule has 13 heteroatoms. The van der Waals surface area contributed by atoms with E-state index in [1.54, 1.807) is 24.3 Å². The number of ether oxygens (including phenoxy) is 5. The van der Waals surface area contributed by atoms with E-state index in [4.69, 9.17) is 23.7 Å². The lowest BCUT2D eigenvalue weighted by molar-refractivity contribution is -0.255. The van der Waals surface area contributed by atoms with Crippen molar-refractivity contribution in [1.82, 2.24) is 25.5 Å². The van der Waals surface area contributed by atoms with Gasteiger partial charge in [-0.25, -0.2) is 0 Å². The van der Waals surface area contributed by atoms with Crippen LogP contribution >= 0.6 is 0 Å². The summed E-state index contributed by atoms with van der Waals surface area (Å²) in [5.74, 6) is -0.338. The third-order valence-electron chi connectivity index (χ3n) is 6.07. The van der Waals surface area contributed by atoms with E-state index in [2.05, 4.69) is 20.8 Å². The summed E-state index contributed by atoms with van der Waals surface area (Å²) in [6, 6.07) is 10.2. The van der Waals surface area contributed by atoms with Gasteiger partial charge in [0.05, 0.1) is 25.2 Å². The Balaban J connectivity index is 1.16. The zero-order chi connectivity index (χ0) is 23.9. The van der Waals surface area contributed by atoms with Crippen LogP contribution in [0.5, 0.6) is 23.3 Å². The van der Waals surface area contributed by atoms with Crippen molar-refractivity contribution < 1.29 is 38.4 Å². The highest BCUT2D eigenvalue weighted by Crippen LogP contribution is 2.38. The Labute approximate surface area is 197 Å². The van der Waals surface area contributed by atoms with E-state index in [9.17, 15) is 14.7 Å². The van der Waals surface area contributed by atoms with Crippen LogP contribution in [-0.4, -0.2) is 70.3 Å². The molecule has 2 aromatic carbocycles. The lowest BCUT2D eigenvalue weighted by Gasteiger charge is -2.19. The fourth-order valence-corrected chi connectivity index (χ4v) is 4.42. The number of hydrogen-bond donors (Lipinski definition) is 1. The Kier molecular flexibility index (Phi) is 5.19. The number of benzene rings is 2. The molecule has 0 spiro atoms. The fourth-order valence-electron chi connectivity index (χ4n) is 4.42. The molecule has 1 N–H and O–H groups in total. The number of rotatable bonds is 6. The van der Waals surface area contributed by atoms with Crippen molar-refractivity contribution in [3.05, 3.63) is 53.6 Å². The summed E-state index contributed by atoms with van der Waals surface area (Å²) in [4.78, 5) is 24.1. The summed E-state index contributed by atoms with van der Waals surface area (Å²) in [5, 5.41) is 25.9. The molecule has 2 fully saturated rings. The topological polar surface area (TPSA) is 159 Å². The molecule has 0 radical (unpaired) electrons. The highest BCUT2D eigenvalue weighted by molar-refractivity contribution is 6.04. The second kappa shape index (κ2) is 8.52. The molecule has 4 atom stereocenters. The molecule has 0 bridgehead atoms. The van der Waals surface area contributed by atoms with Crippen LogP contribution in [-0.2, 0) is 9.47 Å². The van der Waals surface area contributed by atoms with E-state index < -0.39 is 36.2 Å². The number of aromatic carboxylic acids is 1. The predicted octanol–water partition coefficient (Wildman–Crippen LogP) is -0.305. The van der Waals surface area contributed by atoms with Gasteiger partial charge in [-0.05, 0) is 28.6 Å². The van der Waals surface area contributed by atoms with Gasteiger partial charge in [0.15, 0.2) is 11.5 Å². The van der Waals surface area contributed by atoms with E-state index in [0.717, 1.165) is 0 Å². The molecule has 13 nitrogen and oxygen atoms in total. The third-order valence-corrected chi connectivity index (χ3v) is 6.07. The molecule has 3 aromatic rings. The lowest BCUT2D eigenvalue weighted by atomic mass is 10.0. The second-order valence-corrected chi connectivity index (χ2v) is 8.10. The van der Waals surface area contributed by atoms with Crippen LogP contribution in [0.15, 0.2) is 42.5 Å². The number of carboxylic acids is 1. The van der Waals surface area contributed by atoms with Crippen LogP contribution in [0.3, 0.4) is 0 Å². The quantitative estimate of drug-likeness (QED) is 0.493. The SMILES string of the molecule is O=C([O-])c1ccccc1C(=O)N[C@H]1CO[C@H]2[C@@H]1OC[C@@H]2n1nnnc1Oc1ccc2c(c1)OCO2.